The number of aromatic amines is 1. The molecule has 24 nitrogen and oxygen atoms in total. The van der Waals surface area contributed by atoms with Gasteiger partial charge in [-0.05, 0) is 190 Å². The molecule has 0 saturated carbocycles. The molecule has 12 rings (SSSR count). The van der Waals surface area contributed by atoms with Gasteiger partial charge >= 0.3 is 0 Å². The maximum absolute atomic E-state index is 13.8. The predicted molar refractivity (Wildman–Crippen MR) is 368 cm³/mol. The van der Waals surface area contributed by atoms with Crippen molar-refractivity contribution in [3.05, 3.63) is 161 Å². The Morgan fingerprint density at radius 2 is 1.07 bits per heavy atom. The predicted octanol–water partition coefficient (Wildman–Crippen LogP) is 12.1. The SMILES string of the molecule is CC(C)(C)CCOc1ccn(-c2ccc3c(n2)N2C[C@@H](CC[C@H](c4ccccn4)Nc4cccc(n4)S(=O)(=O)NC3=O)CC2(C)C)n1.CC(C)(C)CCOc1ccn[nH]1.CC1(C)C[C@@H]2CC[C@H](c3ccccn3)Nc3cccc(n3)S(=O)(=O)NC(=O)c3ccc(Br)nc3N1C2. The Morgan fingerprint density at radius 1 is 0.568 bits per heavy atom. The Bertz CT molecular complexity index is 4190. The zero-order valence-electron chi connectivity index (χ0n) is 55.4. The molecule has 2 amide bonds. The molecular formula is C68H85BrN16O8S2. The van der Waals surface area contributed by atoms with Gasteiger partial charge in [0.2, 0.25) is 11.8 Å². The maximum Gasteiger partial charge on any atom is 0.281 e. The smallest absolute Gasteiger partial charge is 0.281 e. The first kappa shape index (κ1) is 69.3. The molecule has 95 heavy (non-hydrogen) atoms. The van der Waals surface area contributed by atoms with Gasteiger partial charge in [0.1, 0.15) is 27.9 Å². The quantitative estimate of drug-likeness (QED) is 0.0839. The van der Waals surface area contributed by atoms with Crippen LogP contribution in [0.3, 0.4) is 0 Å². The molecule has 12 heterocycles. The molecule has 4 atom stereocenters. The number of nitrogens with zero attached hydrogens (tertiary/aromatic N) is 11. The fourth-order valence-corrected chi connectivity index (χ4v) is 14.3. The molecule has 2 saturated heterocycles. The molecule has 0 unspecified atom stereocenters. The van der Waals surface area contributed by atoms with E-state index >= 15 is 0 Å². The summed E-state index contributed by atoms with van der Waals surface area (Å²) in [6, 6.07) is 30.6. The van der Waals surface area contributed by atoms with E-state index in [0.717, 1.165) is 75.2 Å². The van der Waals surface area contributed by atoms with E-state index in [9.17, 15) is 26.4 Å². The molecule has 0 aromatic carbocycles. The Kier molecular flexibility index (Phi) is 21.0. The topological polar surface area (TPSA) is 299 Å². The van der Waals surface area contributed by atoms with Crippen LogP contribution in [0.5, 0.6) is 11.8 Å². The number of H-pyrrole nitrogens is 1. The lowest BCUT2D eigenvalue weighted by atomic mass is 9.91. The number of rotatable bonds is 9. The van der Waals surface area contributed by atoms with Crippen LogP contribution in [0.15, 0.2) is 149 Å². The zero-order chi connectivity index (χ0) is 67.9. The lowest BCUT2D eigenvalue weighted by Gasteiger charge is -2.34. The second-order valence-electron chi connectivity index (χ2n) is 28.0. The minimum atomic E-state index is -4.32. The summed E-state index contributed by atoms with van der Waals surface area (Å²) in [6.45, 7) is 24.2. The molecule has 8 aromatic heterocycles. The van der Waals surface area contributed by atoms with Crippen LogP contribution in [0.2, 0.25) is 0 Å². The number of hydrogen-bond donors (Lipinski definition) is 5. The highest BCUT2D eigenvalue weighted by Crippen LogP contribution is 2.43. The van der Waals surface area contributed by atoms with Gasteiger partial charge in [-0.1, -0.05) is 65.8 Å². The van der Waals surface area contributed by atoms with Crippen LogP contribution < -0.4 is 39.4 Å². The fraction of sp³-hybridized carbons (Fsp3) is 0.441. The van der Waals surface area contributed by atoms with E-state index < -0.39 is 31.9 Å². The van der Waals surface area contributed by atoms with Gasteiger partial charge in [-0.3, -0.25) is 19.6 Å². The number of halogens is 1. The van der Waals surface area contributed by atoms with Gasteiger partial charge in [0.25, 0.3) is 31.9 Å². The second-order valence-corrected chi connectivity index (χ2v) is 32.1. The number of sulfonamides is 2. The van der Waals surface area contributed by atoms with Crippen LogP contribution in [0.25, 0.3) is 5.82 Å². The van der Waals surface area contributed by atoms with Gasteiger partial charge in [0.05, 0.1) is 54.0 Å². The van der Waals surface area contributed by atoms with Gasteiger partial charge < -0.3 is 29.9 Å². The van der Waals surface area contributed by atoms with E-state index in [1.807, 2.05) is 42.5 Å². The third-order valence-corrected chi connectivity index (χ3v) is 19.9. The second kappa shape index (κ2) is 28.8. The van der Waals surface area contributed by atoms with E-state index in [-0.39, 0.29) is 55.7 Å². The average molecular weight is 1400 g/mol. The summed E-state index contributed by atoms with van der Waals surface area (Å²) in [4.78, 5) is 58.6. The van der Waals surface area contributed by atoms with Crippen molar-refractivity contribution in [3.63, 3.8) is 0 Å². The van der Waals surface area contributed by atoms with E-state index in [1.54, 1.807) is 84.1 Å². The van der Waals surface area contributed by atoms with Gasteiger partial charge in [0.15, 0.2) is 15.9 Å². The molecule has 2 fully saturated rings. The third-order valence-electron chi connectivity index (χ3n) is 17.0. The van der Waals surface area contributed by atoms with Crippen LogP contribution in [0.4, 0.5) is 23.3 Å². The summed E-state index contributed by atoms with van der Waals surface area (Å²) >= 11 is 3.41. The van der Waals surface area contributed by atoms with Crippen molar-refractivity contribution in [1.29, 1.82) is 0 Å². The number of hydrogen-bond acceptors (Lipinski definition) is 20. The summed E-state index contributed by atoms with van der Waals surface area (Å²) in [6.07, 6.45) is 13.9. The summed E-state index contributed by atoms with van der Waals surface area (Å²) < 4.78 is 71.2. The molecule has 27 heteroatoms. The van der Waals surface area contributed by atoms with Crippen molar-refractivity contribution in [2.45, 2.75) is 154 Å². The van der Waals surface area contributed by atoms with Gasteiger partial charge in [-0.15, -0.1) is 5.10 Å². The highest BCUT2D eigenvalue weighted by Gasteiger charge is 2.43. The number of nitrogens with one attached hydrogen (secondary N) is 5. The van der Waals surface area contributed by atoms with E-state index in [2.05, 4.69) is 155 Å². The first-order valence-corrected chi connectivity index (χ1v) is 35.7. The molecule has 8 aromatic rings. The molecule has 504 valence electrons. The molecule has 8 bridgehead atoms. The van der Waals surface area contributed by atoms with Crippen LogP contribution in [-0.4, -0.2) is 116 Å². The van der Waals surface area contributed by atoms with E-state index in [1.165, 1.54) is 12.1 Å². The highest BCUT2D eigenvalue weighted by molar-refractivity contribution is 9.10. The molecule has 4 aliphatic rings. The molecule has 0 spiro atoms. The maximum atomic E-state index is 13.8. The average Bonchev–Trinajstić information content (AvgIpc) is 1.70. The Morgan fingerprint density at radius 3 is 1.56 bits per heavy atom. The Balaban J connectivity index is 0.000000180. The van der Waals surface area contributed by atoms with Crippen molar-refractivity contribution in [3.8, 4) is 17.6 Å². The lowest BCUT2D eigenvalue weighted by Crippen LogP contribution is -2.41. The van der Waals surface area contributed by atoms with Crippen LogP contribution in [0.1, 0.15) is 165 Å². The minimum absolute atomic E-state index is 0.135. The van der Waals surface area contributed by atoms with Crippen molar-refractivity contribution >= 4 is 71.1 Å². The molecule has 0 aliphatic carbocycles. The van der Waals surface area contributed by atoms with Crippen molar-refractivity contribution < 1.29 is 35.9 Å². The standard InChI is InChI=1S/C34H42N8O4S.C25H27BrN6O3S.C9H16N2O/c1-33(2,3)17-20-46-29-16-19-42(39-29)28-15-13-24-31(38-28)41-22-23(21-34(41,4)5)12-14-26(25-9-6-7-18-35-25)36-27-10-8-11-30(37-27)47(44,45)40-32(24)43;1-25(2)14-16-9-11-19(18-6-3-4-13-27-18)28-21-7-5-8-22(30-21)36(34,35)31-24(33)17-10-12-20(26)29-23(17)32(25)15-16;1-9(2,3)5-7-12-8-4-6-10-11-8/h6-11,13,15-16,18-19,23,26H,12,14,17,20-22H2,1-5H3,(H,36,37)(H,40,43);3-8,10,12-13,16,19H,9,11,14-15H2,1-2H3,(H,28,30)(H,31,33);4,6H,5,7H2,1-3H3,(H,10,11)/t23-,26+;16-,19+;/m00./s1. The molecule has 4 aliphatic heterocycles. The normalized spacial score (nSPS) is 20.4. The molecular weight excluding hydrogens is 1310 g/mol. The Labute approximate surface area is 564 Å². The number of pyridine rings is 6. The third kappa shape index (κ3) is 18.1. The van der Waals surface area contributed by atoms with Crippen molar-refractivity contribution in [1.82, 2.24) is 59.3 Å². The number of carbonyl (C=O) groups excluding carboxylic acids is 2. The molecule has 5 N–H and O–H groups in total. The van der Waals surface area contributed by atoms with Crippen LogP contribution in [0, 0.1) is 22.7 Å². The number of ether oxygens (including phenoxy) is 2. The first-order chi connectivity index (χ1) is 45.0. The van der Waals surface area contributed by atoms with E-state index in [4.69, 9.17) is 14.5 Å². The van der Waals surface area contributed by atoms with Crippen LogP contribution in [-0.2, 0) is 20.0 Å². The summed E-state index contributed by atoms with van der Waals surface area (Å²) in [5.74, 6) is 2.43. The Hall–Kier alpha value is -8.56. The zero-order valence-corrected chi connectivity index (χ0v) is 58.6. The monoisotopic (exact) mass is 1400 g/mol. The van der Waals surface area contributed by atoms with Gasteiger partial charge in [-0.2, -0.15) is 21.9 Å². The fourth-order valence-electron chi connectivity index (χ4n) is 12.1. The van der Waals surface area contributed by atoms with Crippen molar-refractivity contribution in [2.75, 3.05) is 46.7 Å². The summed E-state index contributed by atoms with van der Waals surface area (Å²) in [5.41, 5.74) is 1.87. The van der Waals surface area contributed by atoms with E-state index in [0.29, 0.717) is 70.6 Å². The van der Waals surface area contributed by atoms with Gasteiger partial charge in [-0.25, -0.2) is 39.2 Å². The number of amides is 2. The minimum Gasteiger partial charge on any atom is -0.478 e. The highest BCUT2D eigenvalue weighted by atomic mass is 79.9. The van der Waals surface area contributed by atoms with Crippen LogP contribution >= 0.6 is 15.9 Å². The summed E-state index contributed by atoms with van der Waals surface area (Å²) in [7, 11) is -8.55. The number of carbonyl (C=O) groups is 2. The van der Waals surface area contributed by atoms with Gasteiger partial charge in [0, 0.05) is 54.9 Å². The molecule has 0 radical (unpaired) electrons. The lowest BCUT2D eigenvalue weighted by molar-refractivity contribution is 0.0972. The van der Waals surface area contributed by atoms with Crippen molar-refractivity contribution in [2.24, 2.45) is 22.7 Å². The largest absolute Gasteiger partial charge is 0.478 e. The number of anilines is 4. The first-order valence-electron chi connectivity index (χ1n) is 31.9. The number of aromatic nitrogens is 10. The number of fused-ring (bicyclic) bond motifs is 12. The summed E-state index contributed by atoms with van der Waals surface area (Å²) in [5, 5.41) is 17.4.